The van der Waals surface area contributed by atoms with Crippen molar-refractivity contribution in [3.8, 4) is 5.75 Å². The number of phenolic OH excluding ortho intramolecular Hbond substituents is 1. The van der Waals surface area contributed by atoms with Crippen LogP contribution in [0.3, 0.4) is 0 Å². The van der Waals surface area contributed by atoms with E-state index in [9.17, 15) is 8.78 Å². The molecular weight excluding hydrogens is 280 g/mol. The largest absolute Gasteiger partial charge is 0.503 e. The van der Waals surface area contributed by atoms with Crippen molar-refractivity contribution < 1.29 is 13.9 Å². The van der Waals surface area contributed by atoms with Gasteiger partial charge in [0.15, 0.2) is 17.4 Å². The van der Waals surface area contributed by atoms with Crippen molar-refractivity contribution in [3.63, 3.8) is 0 Å². The van der Waals surface area contributed by atoms with Gasteiger partial charge in [0.2, 0.25) is 0 Å². The molecule has 0 aliphatic carbocycles. The summed E-state index contributed by atoms with van der Waals surface area (Å²) in [5, 5.41) is 12.3. The second-order valence-corrected chi connectivity index (χ2v) is 6.34. The molecule has 0 fully saturated rings. The number of rotatable bonds is 4. The van der Waals surface area contributed by atoms with Gasteiger partial charge < -0.3 is 10.4 Å². The number of hydrogen-bond donors (Lipinski definition) is 2. The van der Waals surface area contributed by atoms with Crippen LogP contribution in [0.15, 0.2) is 18.2 Å². The van der Waals surface area contributed by atoms with Gasteiger partial charge in [0.25, 0.3) is 0 Å². The molecule has 2 aromatic rings. The number of aromatic hydroxyl groups is 1. The molecule has 2 rings (SSSR count). The third-order valence-corrected chi connectivity index (χ3v) is 4.22. The fraction of sp³-hybridized carbons (Fsp3) is 0.333. The van der Waals surface area contributed by atoms with E-state index in [1.807, 2.05) is 6.92 Å². The lowest BCUT2D eigenvalue weighted by molar-refractivity contribution is 0.394. The average molecular weight is 297 g/mol. The van der Waals surface area contributed by atoms with Crippen LogP contribution in [0.25, 0.3) is 0 Å². The monoisotopic (exact) mass is 297 g/mol. The smallest absolute Gasteiger partial charge is 0.187 e. The molecule has 20 heavy (non-hydrogen) atoms. The first-order valence-electron chi connectivity index (χ1n) is 6.35. The number of nitrogens with one attached hydrogen (secondary N) is 1. The zero-order chi connectivity index (χ0) is 14.9. The molecule has 0 spiro atoms. The van der Waals surface area contributed by atoms with Crippen LogP contribution in [0.4, 0.5) is 8.78 Å². The summed E-state index contributed by atoms with van der Waals surface area (Å²) in [6, 6.07) is 4.50. The van der Waals surface area contributed by atoms with Crippen molar-refractivity contribution in [2.24, 2.45) is 0 Å². The maximum atomic E-state index is 13.2. The summed E-state index contributed by atoms with van der Waals surface area (Å²) < 4.78 is 26.5. The van der Waals surface area contributed by atoms with E-state index >= 15 is 0 Å². The Morgan fingerprint density at radius 3 is 2.30 bits per heavy atom. The van der Waals surface area contributed by atoms with E-state index in [1.54, 1.807) is 11.3 Å². The van der Waals surface area contributed by atoms with Crippen molar-refractivity contribution >= 4 is 11.3 Å². The molecule has 1 unspecified atom stereocenters. The van der Waals surface area contributed by atoms with Gasteiger partial charge in [-0.05, 0) is 50.1 Å². The highest BCUT2D eigenvalue weighted by Gasteiger charge is 2.13. The van der Waals surface area contributed by atoms with Gasteiger partial charge in [-0.25, -0.2) is 8.78 Å². The van der Waals surface area contributed by atoms with Crippen molar-refractivity contribution in [1.29, 1.82) is 0 Å². The zero-order valence-corrected chi connectivity index (χ0v) is 12.4. The van der Waals surface area contributed by atoms with Crippen LogP contribution in [-0.4, -0.2) is 5.11 Å². The van der Waals surface area contributed by atoms with Crippen molar-refractivity contribution in [1.82, 2.24) is 5.32 Å². The van der Waals surface area contributed by atoms with Crippen LogP contribution in [-0.2, 0) is 6.54 Å². The first-order chi connectivity index (χ1) is 9.38. The van der Waals surface area contributed by atoms with E-state index in [-0.39, 0.29) is 6.04 Å². The summed E-state index contributed by atoms with van der Waals surface area (Å²) in [7, 11) is 0. The minimum atomic E-state index is -0.933. The highest BCUT2D eigenvalue weighted by atomic mass is 32.1. The highest BCUT2D eigenvalue weighted by Crippen LogP contribution is 2.27. The molecule has 0 amide bonds. The summed E-state index contributed by atoms with van der Waals surface area (Å²) >= 11 is 1.73. The molecule has 1 atom stereocenters. The molecule has 1 aromatic carbocycles. The minimum Gasteiger partial charge on any atom is -0.503 e. The average Bonchev–Trinajstić information content (AvgIpc) is 2.72. The second-order valence-electron chi connectivity index (χ2n) is 4.88. The Morgan fingerprint density at radius 1 is 1.20 bits per heavy atom. The molecule has 0 bridgehead atoms. The van der Waals surface area contributed by atoms with Crippen LogP contribution in [0.1, 0.15) is 33.8 Å². The zero-order valence-electron chi connectivity index (χ0n) is 11.6. The number of aryl methyl sites for hydroxylation is 2. The summed E-state index contributed by atoms with van der Waals surface area (Å²) in [6.07, 6.45) is 0. The van der Waals surface area contributed by atoms with Crippen molar-refractivity contribution in [3.05, 3.63) is 50.7 Å². The Morgan fingerprint density at radius 2 is 1.80 bits per heavy atom. The molecule has 1 heterocycles. The predicted octanol–water partition coefficient (Wildman–Crippen LogP) is 4.20. The summed E-state index contributed by atoms with van der Waals surface area (Å²) in [5.41, 5.74) is 1.67. The highest BCUT2D eigenvalue weighted by molar-refractivity contribution is 7.12. The quantitative estimate of drug-likeness (QED) is 0.886. The number of hydrogen-bond acceptors (Lipinski definition) is 3. The molecule has 0 saturated heterocycles. The standard InChI is InChI=1S/C15H17F2NOS/c1-8-4-12(10(3)20-8)9(2)18-7-11-5-13(16)15(19)14(17)6-11/h4-6,9,18-19H,7H2,1-3H3. The first-order valence-corrected chi connectivity index (χ1v) is 7.17. The number of thiophene rings is 1. The SMILES string of the molecule is Cc1cc(C(C)NCc2cc(F)c(O)c(F)c2)c(C)s1. The van der Waals surface area contributed by atoms with Crippen LogP contribution in [0.5, 0.6) is 5.75 Å². The lowest BCUT2D eigenvalue weighted by atomic mass is 10.1. The maximum absolute atomic E-state index is 13.2. The molecule has 0 aliphatic heterocycles. The van der Waals surface area contributed by atoms with E-state index in [1.165, 1.54) is 15.3 Å². The van der Waals surface area contributed by atoms with Gasteiger partial charge in [0, 0.05) is 22.3 Å². The Kier molecular flexibility index (Phi) is 4.40. The van der Waals surface area contributed by atoms with Crippen LogP contribution >= 0.6 is 11.3 Å². The van der Waals surface area contributed by atoms with Gasteiger partial charge in [0.05, 0.1) is 0 Å². The molecule has 0 aliphatic rings. The Balaban J connectivity index is 2.07. The summed E-state index contributed by atoms with van der Waals surface area (Å²) in [5.74, 6) is -2.79. The molecule has 108 valence electrons. The third kappa shape index (κ3) is 3.16. The molecule has 0 saturated carbocycles. The van der Waals surface area contributed by atoms with Crippen LogP contribution in [0, 0.1) is 25.5 Å². The normalized spacial score (nSPS) is 12.7. The van der Waals surface area contributed by atoms with Gasteiger partial charge in [0.1, 0.15) is 0 Å². The Labute approximate surface area is 121 Å². The lowest BCUT2D eigenvalue weighted by Crippen LogP contribution is -2.18. The van der Waals surface area contributed by atoms with Crippen molar-refractivity contribution in [2.75, 3.05) is 0 Å². The number of halogens is 2. The van der Waals surface area contributed by atoms with E-state index < -0.39 is 17.4 Å². The van der Waals surface area contributed by atoms with E-state index in [0.29, 0.717) is 12.1 Å². The Hall–Kier alpha value is -1.46. The Bertz CT molecular complexity index is 601. The predicted molar refractivity (Wildman–Crippen MR) is 77.1 cm³/mol. The van der Waals surface area contributed by atoms with Crippen molar-refractivity contribution in [2.45, 2.75) is 33.4 Å². The lowest BCUT2D eigenvalue weighted by Gasteiger charge is -2.14. The van der Waals surface area contributed by atoms with Gasteiger partial charge in [-0.3, -0.25) is 0 Å². The van der Waals surface area contributed by atoms with E-state index in [4.69, 9.17) is 5.11 Å². The molecule has 2 nitrogen and oxygen atoms in total. The minimum absolute atomic E-state index is 0.0971. The van der Waals surface area contributed by atoms with Gasteiger partial charge in [-0.1, -0.05) is 0 Å². The number of benzene rings is 1. The van der Waals surface area contributed by atoms with Crippen LogP contribution < -0.4 is 5.32 Å². The fourth-order valence-electron chi connectivity index (χ4n) is 2.18. The van der Waals surface area contributed by atoms with Gasteiger partial charge in [-0.2, -0.15) is 0 Å². The summed E-state index contributed by atoms with van der Waals surface area (Å²) in [4.78, 5) is 2.48. The fourth-order valence-corrected chi connectivity index (χ4v) is 3.20. The number of phenols is 1. The molecule has 1 aromatic heterocycles. The third-order valence-electron chi connectivity index (χ3n) is 3.23. The molecule has 5 heteroatoms. The summed E-state index contributed by atoms with van der Waals surface area (Å²) in [6.45, 7) is 6.47. The second kappa shape index (κ2) is 5.89. The van der Waals surface area contributed by atoms with Gasteiger partial charge in [-0.15, -0.1) is 11.3 Å². The first kappa shape index (κ1) is 14.9. The molecular formula is C15H17F2NOS. The topological polar surface area (TPSA) is 32.3 Å². The molecule has 2 N–H and O–H groups in total. The molecule has 0 radical (unpaired) electrons. The van der Waals surface area contributed by atoms with Crippen LogP contribution in [0.2, 0.25) is 0 Å². The van der Waals surface area contributed by atoms with Gasteiger partial charge >= 0.3 is 0 Å². The van der Waals surface area contributed by atoms with E-state index in [0.717, 1.165) is 12.1 Å². The van der Waals surface area contributed by atoms with E-state index in [2.05, 4.69) is 25.2 Å². The maximum Gasteiger partial charge on any atom is 0.187 e.